The lowest BCUT2D eigenvalue weighted by atomic mass is 10.2. The zero-order valence-electron chi connectivity index (χ0n) is 13.2. The molecule has 0 saturated carbocycles. The molecule has 0 N–H and O–H groups in total. The number of nitrogens with zero attached hydrogens (tertiary/aromatic N) is 2. The first-order valence-electron chi connectivity index (χ1n) is 8.18. The van der Waals surface area contributed by atoms with E-state index in [-0.39, 0.29) is 12.2 Å². The van der Waals surface area contributed by atoms with Crippen LogP contribution in [0.15, 0.2) is 47.5 Å². The third-order valence-electron chi connectivity index (χ3n) is 3.85. The number of ether oxygens (including phenoxy) is 1. The smallest absolute Gasteiger partial charge is 0.295 e. The first-order chi connectivity index (χ1) is 11.3. The molecule has 0 aliphatic carbocycles. The number of carbonyl (C=O) groups excluding carboxylic acids is 1. The Hall–Kier alpha value is -1.98. The molecule has 2 aliphatic heterocycles. The second-order valence-corrected chi connectivity index (χ2v) is 5.69. The quantitative estimate of drug-likeness (QED) is 0.785. The van der Waals surface area contributed by atoms with Gasteiger partial charge in [0.2, 0.25) is 0 Å². The second-order valence-electron chi connectivity index (χ2n) is 5.69. The van der Waals surface area contributed by atoms with E-state index in [1.807, 2.05) is 36.4 Å². The Kier molecular flexibility index (Phi) is 5.56. The van der Waals surface area contributed by atoms with E-state index in [0.717, 1.165) is 31.2 Å². The number of benzene rings is 1. The van der Waals surface area contributed by atoms with E-state index in [9.17, 15) is 4.79 Å². The highest BCUT2D eigenvalue weighted by molar-refractivity contribution is 6.43. The van der Waals surface area contributed by atoms with Crippen LogP contribution in [0.1, 0.15) is 31.2 Å². The Morgan fingerprint density at radius 1 is 1.30 bits per heavy atom. The Morgan fingerprint density at radius 3 is 2.87 bits per heavy atom. The van der Waals surface area contributed by atoms with Gasteiger partial charge in [0.1, 0.15) is 5.71 Å². The molecule has 1 aromatic carbocycles. The number of carbonyl (C=O) groups is 1. The van der Waals surface area contributed by atoms with Crippen molar-refractivity contribution in [2.75, 3.05) is 13.2 Å². The Balaban J connectivity index is 1.73. The maximum absolute atomic E-state index is 12.7. The van der Waals surface area contributed by atoms with E-state index in [1.165, 1.54) is 5.06 Å². The van der Waals surface area contributed by atoms with Crippen LogP contribution < -0.4 is 0 Å². The fraction of sp³-hybridized carbons (Fsp3) is 0.444. The molecular weight excluding hydrogens is 292 g/mol. The fourth-order valence-corrected chi connectivity index (χ4v) is 2.62. The van der Waals surface area contributed by atoms with Crippen LogP contribution in [0.5, 0.6) is 0 Å². The Bertz CT molecular complexity index is 577. The number of aliphatic imine (C=N–C) groups is 1. The third kappa shape index (κ3) is 4.50. The molecule has 1 amide bonds. The monoisotopic (exact) mass is 314 g/mol. The van der Waals surface area contributed by atoms with E-state index >= 15 is 0 Å². The highest BCUT2D eigenvalue weighted by atomic mass is 16.8. The van der Waals surface area contributed by atoms with Gasteiger partial charge in [-0.15, -0.1) is 0 Å². The summed E-state index contributed by atoms with van der Waals surface area (Å²) in [6, 6.07) is 9.81. The standard InChI is InChI=1S/C18H22N2O3/c21-18(16-10-4-6-12-19-16)20(14-15-8-2-1-3-9-15)23-17-11-5-7-13-22-17/h1-4,8-10,17H,5-7,11-14H2. The first kappa shape index (κ1) is 15.9. The van der Waals surface area contributed by atoms with E-state index in [4.69, 9.17) is 9.57 Å². The molecule has 0 radical (unpaired) electrons. The van der Waals surface area contributed by atoms with Gasteiger partial charge >= 0.3 is 0 Å². The summed E-state index contributed by atoms with van der Waals surface area (Å²) < 4.78 is 5.61. The molecule has 1 fully saturated rings. The topological polar surface area (TPSA) is 51.1 Å². The van der Waals surface area contributed by atoms with Gasteiger partial charge in [-0.05, 0) is 30.9 Å². The maximum Gasteiger partial charge on any atom is 0.295 e. The van der Waals surface area contributed by atoms with E-state index < -0.39 is 0 Å². The zero-order chi connectivity index (χ0) is 15.9. The van der Waals surface area contributed by atoms with Gasteiger partial charge in [-0.25, -0.2) is 9.90 Å². The van der Waals surface area contributed by atoms with Gasteiger partial charge in [0.25, 0.3) is 5.91 Å². The summed E-state index contributed by atoms with van der Waals surface area (Å²) >= 11 is 0. The average Bonchev–Trinajstić information content (AvgIpc) is 2.63. The van der Waals surface area contributed by atoms with Crippen LogP contribution >= 0.6 is 0 Å². The molecule has 23 heavy (non-hydrogen) atoms. The van der Waals surface area contributed by atoms with Crippen molar-refractivity contribution in [3.05, 3.63) is 48.0 Å². The van der Waals surface area contributed by atoms with Crippen molar-refractivity contribution in [2.45, 2.75) is 38.5 Å². The van der Waals surface area contributed by atoms with Crippen molar-refractivity contribution >= 4 is 11.6 Å². The minimum atomic E-state index is -0.357. The van der Waals surface area contributed by atoms with Crippen LogP contribution in [0.2, 0.25) is 0 Å². The molecule has 5 nitrogen and oxygen atoms in total. The third-order valence-corrected chi connectivity index (χ3v) is 3.85. The molecular formula is C18H22N2O3. The lowest BCUT2D eigenvalue weighted by Gasteiger charge is -2.29. The van der Waals surface area contributed by atoms with E-state index in [1.54, 1.807) is 6.08 Å². The van der Waals surface area contributed by atoms with Crippen LogP contribution in [-0.2, 0) is 20.9 Å². The maximum atomic E-state index is 12.7. The number of dihydropyridines is 1. The first-order valence-corrected chi connectivity index (χ1v) is 8.18. The van der Waals surface area contributed by atoms with E-state index in [0.29, 0.717) is 25.4 Å². The predicted molar refractivity (Wildman–Crippen MR) is 87.7 cm³/mol. The molecule has 0 aromatic heterocycles. The van der Waals surface area contributed by atoms with Gasteiger partial charge in [-0.3, -0.25) is 9.79 Å². The molecule has 1 atom stereocenters. The molecule has 2 heterocycles. The molecule has 3 rings (SSSR count). The summed E-state index contributed by atoms with van der Waals surface area (Å²) in [5.74, 6) is -0.209. The number of amides is 1. The van der Waals surface area contributed by atoms with Gasteiger partial charge in [0.15, 0.2) is 6.29 Å². The minimum Gasteiger partial charge on any atom is -0.350 e. The Morgan fingerprint density at radius 2 is 2.17 bits per heavy atom. The molecule has 2 aliphatic rings. The van der Waals surface area contributed by atoms with Gasteiger partial charge < -0.3 is 4.74 Å². The molecule has 0 spiro atoms. The van der Waals surface area contributed by atoms with Crippen molar-refractivity contribution in [1.29, 1.82) is 0 Å². The van der Waals surface area contributed by atoms with Crippen molar-refractivity contribution in [2.24, 2.45) is 4.99 Å². The largest absolute Gasteiger partial charge is 0.350 e. The predicted octanol–water partition coefficient (Wildman–Crippen LogP) is 2.87. The molecule has 122 valence electrons. The highest BCUT2D eigenvalue weighted by Gasteiger charge is 2.25. The molecule has 1 saturated heterocycles. The summed E-state index contributed by atoms with van der Waals surface area (Å²) in [5.41, 5.74) is 1.46. The number of hydrogen-bond acceptors (Lipinski definition) is 4. The summed E-state index contributed by atoms with van der Waals surface area (Å²) in [6.45, 7) is 1.71. The van der Waals surface area contributed by atoms with Crippen molar-refractivity contribution in [3.63, 3.8) is 0 Å². The lowest BCUT2D eigenvalue weighted by Crippen LogP contribution is -2.40. The summed E-state index contributed by atoms with van der Waals surface area (Å²) in [5, 5.41) is 1.39. The SMILES string of the molecule is O=C(C1=NCCC=C1)N(Cc1ccccc1)OC1CCCCO1. The van der Waals surface area contributed by atoms with Crippen LogP contribution in [0.3, 0.4) is 0 Å². The number of hydrogen-bond donors (Lipinski definition) is 0. The van der Waals surface area contributed by atoms with Gasteiger partial charge in [0.05, 0.1) is 6.54 Å². The van der Waals surface area contributed by atoms with Gasteiger partial charge in [-0.1, -0.05) is 36.4 Å². The molecule has 1 unspecified atom stereocenters. The Labute approximate surface area is 136 Å². The van der Waals surface area contributed by atoms with Crippen molar-refractivity contribution in [1.82, 2.24) is 5.06 Å². The molecule has 0 bridgehead atoms. The number of hydroxylamine groups is 2. The number of rotatable bonds is 5. The van der Waals surface area contributed by atoms with Crippen LogP contribution in [0, 0.1) is 0 Å². The lowest BCUT2D eigenvalue weighted by molar-refractivity contribution is -0.280. The average molecular weight is 314 g/mol. The molecule has 5 heteroatoms. The highest BCUT2D eigenvalue weighted by Crippen LogP contribution is 2.17. The minimum absolute atomic E-state index is 0.209. The summed E-state index contributed by atoms with van der Waals surface area (Å²) in [6.07, 6.45) is 7.17. The zero-order valence-corrected chi connectivity index (χ0v) is 13.2. The van der Waals surface area contributed by atoms with E-state index in [2.05, 4.69) is 4.99 Å². The van der Waals surface area contributed by atoms with Crippen LogP contribution in [0.4, 0.5) is 0 Å². The normalized spacial score (nSPS) is 20.9. The second kappa shape index (κ2) is 8.04. The van der Waals surface area contributed by atoms with Crippen molar-refractivity contribution in [3.8, 4) is 0 Å². The fourth-order valence-electron chi connectivity index (χ4n) is 2.62. The van der Waals surface area contributed by atoms with Crippen LogP contribution in [0.25, 0.3) is 0 Å². The van der Waals surface area contributed by atoms with Crippen LogP contribution in [-0.4, -0.2) is 36.1 Å². The summed E-state index contributed by atoms with van der Waals surface area (Å²) in [7, 11) is 0. The summed E-state index contributed by atoms with van der Waals surface area (Å²) in [4.78, 5) is 22.9. The van der Waals surface area contributed by atoms with Gasteiger partial charge in [-0.2, -0.15) is 0 Å². The van der Waals surface area contributed by atoms with Gasteiger partial charge in [0, 0.05) is 19.6 Å². The molecule has 1 aromatic rings. The van der Waals surface area contributed by atoms with Crippen molar-refractivity contribution < 1.29 is 14.4 Å².